The second-order valence-electron chi connectivity index (χ2n) is 7.78. The van der Waals surface area contributed by atoms with Gasteiger partial charge < -0.3 is 10.1 Å². The van der Waals surface area contributed by atoms with Crippen LogP contribution >= 0.6 is 11.6 Å². The van der Waals surface area contributed by atoms with Crippen LogP contribution in [-0.2, 0) is 10.0 Å². The van der Waals surface area contributed by atoms with Gasteiger partial charge in [0.15, 0.2) is 0 Å². The summed E-state index contributed by atoms with van der Waals surface area (Å²) in [5, 5.41) is 3.15. The number of halogens is 1. The van der Waals surface area contributed by atoms with Crippen LogP contribution in [0.25, 0.3) is 0 Å². The van der Waals surface area contributed by atoms with E-state index in [0.717, 1.165) is 22.4 Å². The molecule has 0 spiro atoms. The van der Waals surface area contributed by atoms with Crippen molar-refractivity contribution in [1.82, 2.24) is 5.32 Å². The predicted octanol–water partition coefficient (Wildman–Crippen LogP) is 5.65. The SMILES string of the molecule is CC[C@@H](NC(=O)c1ccc(NS(=O)(=O)c2ccc(C)cc2)cc1Cl)c1ccc(OC)c(C)c1. The molecule has 0 bridgehead atoms. The standard InChI is InChI=1S/C25H27ClN2O4S/c1-5-23(18-8-13-24(32-4)17(3)14-18)27-25(29)21-12-9-19(15-22(21)26)28-33(30,31)20-10-6-16(2)7-11-20/h6-15,23,28H,5H2,1-4H3,(H,27,29)/t23-/m1/s1. The van der Waals surface area contributed by atoms with E-state index in [4.69, 9.17) is 16.3 Å². The Bertz CT molecular complexity index is 1260. The highest BCUT2D eigenvalue weighted by Gasteiger charge is 2.19. The number of hydrogen-bond donors (Lipinski definition) is 2. The molecule has 0 aliphatic rings. The van der Waals surface area contributed by atoms with Crippen LogP contribution in [0.1, 0.15) is 46.4 Å². The Kier molecular flexibility index (Phi) is 7.66. The zero-order valence-electron chi connectivity index (χ0n) is 19.0. The smallest absolute Gasteiger partial charge is 0.261 e. The van der Waals surface area contributed by atoms with E-state index in [1.807, 2.05) is 39.0 Å². The van der Waals surface area contributed by atoms with Crippen LogP contribution in [-0.4, -0.2) is 21.4 Å². The molecule has 174 valence electrons. The molecular weight excluding hydrogens is 460 g/mol. The van der Waals surface area contributed by atoms with E-state index < -0.39 is 10.0 Å². The molecule has 0 aliphatic carbocycles. The highest BCUT2D eigenvalue weighted by Crippen LogP contribution is 2.27. The number of amides is 1. The van der Waals surface area contributed by atoms with E-state index in [2.05, 4.69) is 10.0 Å². The molecule has 0 aromatic heterocycles. The van der Waals surface area contributed by atoms with Gasteiger partial charge in [-0.2, -0.15) is 0 Å². The topological polar surface area (TPSA) is 84.5 Å². The zero-order chi connectivity index (χ0) is 24.2. The van der Waals surface area contributed by atoms with Crippen LogP contribution in [0.15, 0.2) is 65.6 Å². The van der Waals surface area contributed by atoms with Crippen LogP contribution in [0.5, 0.6) is 5.75 Å². The average Bonchev–Trinajstić information content (AvgIpc) is 2.77. The molecule has 3 aromatic rings. The number of sulfonamides is 1. The Morgan fingerprint density at radius 3 is 2.30 bits per heavy atom. The van der Waals surface area contributed by atoms with Crippen LogP contribution < -0.4 is 14.8 Å². The summed E-state index contributed by atoms with van der Waals surface area (Å²) in [6.07, 6.45) is 0.684. The van der Waals surface area contributed by atoms with Crippen LogP contribution in [0.2, 0.25) is 5.02 Å². The van der Waals surface area contributed by atoms with Gasteiger partial charge in [-0.3, -0.25) is 9.52 Å². The quantitative estimate of drug-likeness (QED) is 0.431. The lowest BCUT2D eigenvalue weighted by atomic mass is 10.0. The molecule has 1 amide bonds. The molecule has 0 radical (unpaired) electrons. The number of hydrogen-bond acceptors (Lipinski definition) is 4. The fourth-order valence-corrected chi connectivity index (χ4v) is 4.79. The first-order valence-corrected chi connectivity index (χ1v) is 12.3. The first kappa shape index (κ1) is 24.6. The second-order valence-corrected chi connectivity index (χ2v) is 9.87. The fraction of sp³-hybridized carbons (Fsp3) is 0.240. The number of ether oxygens (including phenoxy) is 1. The third-order valence-electron chi connectivity index (χ3n) is 5.33. The number of anilines is 1. The Labute approximate surface area is 200 Å². The molecule has 3 aromatic carbocycles. The van der Waals surface area contributed by atoms with Crippen molar-refractivity contribution in [1.29, 1.82) is 0 Å². The summed E-state index contributed by atoms with van der Waals surface area (Å²) in [7, 11) is -2.15. The predicted molar refractivity (Wildman–Crippen MR) is 132 cm³/mol. The monoisotopic (exact) mass is 486 g/mol. The summed E-state index contributed by atoms with van der Waals surface area (Å²) < 4.78 is 33.0. The minimum Gasteiger partial charge on any atom is -0.496 e. The van der Waals surface area contributed by atoms with Crippen molar-refractivity contribution in [3.63, 3.8) is 0 Å². The van der Waals surface area contributed by atoms with Gasteiger partial charge in [-0.1, -0.05) is 48.4 Å². The van der Waals surface area contributed by atoms with Crippen molar-refractivity contribution in [3.05, 3.63) is 87.9 Å². The lowest BCUT2D eigenvalue weighted by molar-refractivity contribution is 0.0935. The summed E-state index contributed by atoms with van der Waals surface area (Å²) in [6, 6.07) is 16.6. The highest BCUT2D eigenvalue weighted by molar-refractivity contribution is 7.92. The summed E-state index contributed by atoms with van der Waals surface area (Å²) in [5.41, 5.74) is 3.44. The van der Waals surface area contributed by atoms with E-state index in [1.165, 1.54) is 30.3 Å². The van der Waals surface area contributed by atoms with Crippen molar-refractivity contribution in [2.24, 2.45) is 0 Å². The van der Waals surface area contributed by atoms with E-state index >= 15 is 0 Å². The van der Waals surface area contributed by atoms with Gasteiger partial charge >= 0.3 is 0 Å². The van der Waals surface area contributed by atoms with Crippen LogP contribution in [0.3, 0.4) is 0 Å². The van der Waals surface area contributed by atoms with Gasteiger partial charge in [-0.15, -0.1) is 0 Å². The fourth-order valence-electron chi connectivity index (χ4n) is 3.47. The minimum atomic E-state index is -3.77. The molecule has 2 N–H and O–H groups in total. The number of aryl methyl sites for hydroxylation is 2. The largest absolute Gasteiger partial charge is 0.496 e. The lowest BCUT2D eigenvalue weighted by Crippen LogP contribution is -2.28. The molecule has 3 rings (SSSR count). The molecular formula is C25H27ClN2O4S. The second kappa shape index (κ2) is 10.3. The molecule has 0 heterocycles. The summed E-state index contributed by atoms with van der Waals surface area (Å²) >= 11 is 6.35. The van der Waals surface area contributed by atoms with E-state index in [-0.39, 0.29) is 33.1 Å². The van der Waals surface area contributed by atoms with E-state index in [9.17, 15) is 13.2 Å². The Hall–Kier alpha value is -3.03. The van der Waals surface area contributed by atoms with Gasteiger partial charge in [0.2, 0.25) is 0 Å². The number of methoxy groups -OCH3 is 1. The first-order chi connectivity index (χ1) is 15.6. The molecule has 0 saturated carbocycles. The lowest BCUT2D eigenvalue weighted by Gasteiger charge is -2.19. The molecule has 0 saturated heterocycles. The van der Waals surface area contributed by atoms with Crippen LogP contribution in [0, 0.1) is 13.8 Å². The third kappa shape index (κ3) is 5.86. The third-order valence-corrected chi connectivity index (χ3v) is 7.04. The van der Waals surface area contributed by atoms with Gasteiger partial charge in [0.25, 0.3) is 15.9 Å². The molecule has 0 unspecified atom stereocenters. The molecule has 1 atom stereocenters. The minimum absolute atomic E-state index is 0.145. The summed E-state index contributed by atoms with van der Waals surface area (Å²) in [5.74, 6) is 0.444. The number of nitrogens with one attached hydrogen (secondary N) is 2. The van der Waals surface area contributed by atoms with Gasteiger partial charge in [0.05, 0.1) is 34.3 Å². The number of carbonyl (C=O) groups excluding carboxylic acids is 1. The molecule has 33 heavy (non-hydrogen) atoms. The van der Waals surface area contributed by atoms with E-state index in [1.54, 1.807) is 19.2 Å². The summed E-state index contributed by atoms with van der Waals surface area (Å²) in [4.78, 5) is 13.1. The maximum Gasteiger partial charge on any atom is 0.261 e. The van der Waals surface area contributed by atoms with Crippen molar-refractivity contribution < 1.29 is 17.9 Å². The summed E-state index contributed by atoms with van der Waals surface area (Å²) in [6.45, 7) is 5.81. The normalized spacial score (nSPS) is 12.2. The number of carbonyl (C=O) groups is 1. The maximum absolute atomic E-state index is 12.9. The van der Waals surface area contributed by atoms with Gasteiger partial charge in [-0.05, 0) is 67.8 Å². The zero-order valence-corrected chi connectivity index (χ0v) is 20.5. The molecule has 0 aliphatic heterocycles. The molecule has 6 nitrogen and oxygen atoms in total. The van der Waals surface area contributed by atoms with Crippen molar-refractivity contribution in [3.8, 4) is 5.75 Å². The number of benzene rings is 3. The van der Waals surface area contributed by atoms with Crippen molar-refractivity contribution >= 4 is 33.2 Å². The van der Waals surface area contributed by atoms with Crippen molar-refractivity contribution in [2.45, 2.75) is 38.1 Å². The van der Waals surface area contributed by atoms with Gasteiger partial charge in [-0.25, -0.2) is 8.42 Å². The highest BCUT2D eigenvalue weighted by atomic mass is 35.5. The Morgan fingerprint density at radius 1 is 1.03 bits per heavy atom. The Balaban J connectivity index is 1.76. The van der Waals surface area contributed by atoms with Crippen LogP contribution in [0.4, 0.5) is 5.69 Å². The van der Waals surface area contributed by atoms with Crippen molar-refractivity contribution in [2.75, 3.05) is 11.8 Å². The maximum atomic E-state index is 12.9. The first-order valence-electron chi connectivity index (χ1n) is 10.5. The molecule has 0 fully saturated rings. The van der Waals surface area contributed by atoms with Gasteiger partial charge in [0, 0.05) is 0 Å². The van der Waals surface area contributed by atoms with Gasteiger partial charge in [0.1, 0.15) is 5.75 Å². The van der Waals surface area contributed by atoms with E-state index in [0.29, 0.717) is 6.42 Å². The average molecular weight is 487 g/mol. The Morgan fingerprint density at radius 2 is 1.73 bits per heavy atom. The molecule has 8 heteroatoms. The number of rotatable bonds is 8.